The van der Waals surface area contributed by atoms with Crippen molar-refractivity contribution in [1.82, 2.24) is 10.3 Å². The fraction of sp³-hybridized carbons (Fsp3) is 0.500. The summed E-state index contributed by atoms with van der Waals surface area (Å²) in [5.74, 6) is -0.306. The Bertz CT molecular complexity index is 432. The van der Waals surface area contributed by atoms with Gasteiger partial charge in [0.25, 0.3) is 0 Å². The Balaban J connectivity index is 2.02. The molecule has 1 amide bonds. The Labute approximate surface area is 103 Å². The summed E-state index contributed by atoms with van der Waals surface area (Å²) < 4.78 is 4.57. The first-order valence-corrected chi connectivity index (χ1v) is 6.10. The van der Waals surface area contributed by atoms with Gasteiger partial charge in [0.15, 0.2) is 5.13 Å². The number of ether oxygens (including phenoxy) is 1. The molecule has 0 spiro atoms. The molecule has 0 radical (unpaired) electrons. The predicted octanol–water partition coefficient (Wildman–Crippen LogP) is -0.205. The zero-order chi connectivity index (χ0) is 12.3. The average molecular weight is 255 g/mol. The zero-order valence-corrected chi connectivity index (χ0v) is 10.2. The van der Waals surface area contributed by atoms with E-state index in [-0.39, 0.29) is 18.3 Å². The third kappa shape index (κ3) is 2.94. The number of carbonyl (C=O) groups is 2. The van der Waals surface area contributed by atoms with Crippen molar-refractivity contribution in [3.05, 3.63) is 11.1 Å². The molecule has 0 saturated carbocycles. The van der Waals surface area contributed by atoms with Crippen molar-refractivity contribution < 1.29 is 14.3 Å². The summed E-state index contributed by atoms with van der Waals surface area (Å²) in [5.41, 5.74) is 0.683. The van der Waals surface area contributed by atoms with Crippen LogP contribution < -0.4 is 10.2 Å². The normalized spacial score (nSPS) is 15.6. The number of carbonyl (C=O) groups excluding carboxylic acids is 2. The second-order valence-corrected chi connectivity index (χ2v) is 4.48. The number of anilines is 1. The Kier molecular flexibility index (Phi) is 3.58. The largest absolute Gasteiger partial charge is 0.469 e. The van der Waals surface area contributed by atoms with Gasteiger partial charge in [0.2, 0.25) is 5.91 Å². The predicted molar refractivity (Wildman–Crippen MR) is 63.1 cm³/mol. The van der Waals surface area contributed by atoms with Crippen LogP contribution in [-0.2, 0) is 20.7 Å². The van der Waals surface area contributed by atoms with Crippen LogP contribution in [0.2, 0.25) is 0 Å². The topological polar surface area (TPSA) is 71.5 Å². The molecular weight excluding hydrogens is 242 g/mol. The third-order valence-electron chi connectivity index (χ3n) is 2.40. The Morgan fingerprint density at radius 3 is 3.24 bits per heavy atom. The number of methoxy groups -OCH3 is 1. The van der Waals surface area contributed by atoms with E-state index >= 15 is 0 Å². The molecular formula is C10H13N3O3S. The SMILES string of the molecule is COC(=O)Cc1csc(N2CCNC(=O)C2)n1. The maximum atomic E-state index is 11.2. The lowest BCUT2D eigenvalue weighted by atomic mass is 10.3. The molecule has 0 atom stereocenters. The fourth-order valence-electron chi connectivity index (χ4n) is 1.54. The van der Waals surface area contributed by atoms with Crippen LogP contribution in [0.5, 0.6) is 0 Å². The van der Waals surface area contributed by atoms with Gasteiger partial charge >= 0.3 is 5.97 Å². The van der Waals surface area contributed by atoms with E-state index in [0.29, 0.717) is 18.8 Å². The number of nitrogens with zero attached hydrogens (tertiary/aromatic N) is 2. The maximum Gasteiger partial charge on any atom is 0.311 e. The van der Waals surface area contributed by atoms with Gasteiger partial charge in [-0.1, -0.05) is 0 Å². The molecule has 0 unspecified atom stereocenters. The van der Waals surface area contributed by atoms with E-state index in [1.165, 1.54) is 18.4 Å². The summed E-state index contributed by atoms with van der Waals surface area (Å²) in [5, 5.41) is 5.35. The van der Waals surface area contributed by atoms with Gasteiger partial charge in [-0.25, -0.2) is 4.98 Å². The van der Waals surface area contributed by atoms with Crippen LogP contribution in [0.4, 0.5) is 5.13 Å². The monoisotopic (exact) mass is 255 g/mol. The number of hydrogen-bond donors (Lipinski definition) is 1. The lowest BCUT2D eigenvalue weighted by Gasteiger charge is -2.25. The van der Waals surface area contributed by atoms with E-state index < -0.39 is 0 Å². The van der Waals surface area contributed by atoms with Crippen LogP contribution in [0.3, 0.4) is 0 Å². The summed E-state index contributed by atoms with van der Waals surface area (Å²) in [6.45, 7) is 1.70. The first-order chi connectivity index (χ1) is 8.19. The maximum absolute atomic E-state index is 11.2. The van der Waals surface area contributed by atoms with E-state index in [4.69, 9.17) is 0 Å². The number of rotatable bonds is 3. The van der Waals surface area contributed by atoms with Crippen LogP contribution in [0, 0.1) is 0 Å². The molecule has 17 heavy (non-hydrogen) atoms. The van der Waals surface area contributed by atoms with Crippen LogP contribution >= 0.6 is 11.3 Å². The van der Waals surface area contributed by atoms with Crippen LogP contribution in [0.25, 0.3) is 0 Å². The number of thiazole rings is 1. The van der Waals surface area contributed by atoms with Gasteiger partial charge in [-0.15, -0.1) is 11.3 Å². The number of aromatic nitrogens is 1. The van der Waals surface area contributed by atoms with Crippen molar-refractivity contribution >= 4 is 28.3 Å². The van der Waals surface area contributed by atoms with E-state index in [9.17, 15) is 9.59 Å². The van der Waals surface area contributed by atoms with Crippen LogP contribution in [-0.4, -0.2) is 43.6 Å². The van der Waals surface area contributed by atoms with Crippen molar-refractivity contribution in [3.63, 3.8) is 0 Å². The van der Waals surface area contributed by atoms with Gasteiger partial charge in [-0.3, -0.25) is 9.59 Å². The fourth-order valence-corrected chi connectivity index (χ4v) is 2.40. The molecule has 0 aromatic carbocycles. The van der Waals surface area contributed by atoms with Crippen molar-refractivity contribution in [2.75, 3.05) is 31.6 Å². The molecule has 1 aliphatic heterocycles. The van der Waals surface area contributed by atoms with Crippen LogP contribution in [0.1, 0.15) is 5.69 Å². The minimum absolute atomic E-state index is 0.000896. The number of nitrogens with one attached hydrogen (secondary N) is 1. The molecule has 1 saturated heterocycles. The summed E-state index contributed by atoms with van der Waals surface area (Å²) >= 11 is 1.44. The van der Waals surface area contributed by atoms with Crippen molar-refractivity contribution in [2.24, 2.45) is 0 Å². The molecule has 0 bridgehead atoms. The van der Waals surface area contributed by atoms with Crippen LogP contribution in [0.15, 0.2) is 5.38 Å². The lowest BCUT2D eigenvalue weighted by Crippen LogP contribution is -2.47. The zero-order valence-electron chi connectivity index (χ0n) is 9.43. The summed E-state index contributed by atoms with van der Waals surface area (Å²) in [4.78, 5) is 28.5. The van der Waals surface area contributed by atoms with Gasteiger partial charge < -0.3 is 15.0 Å². The van der Waals surface area contributed by atoms with Gasteiger partial charge in [-0.2, -0.15) is 0 Å². The van der Waals surface area contributed by atoms with Gasteiger partial charge in [0, 0.05) is 18.5 Å². The highest BCUT2D eigenvalue weighted by molar-refractivity contribution is 7.13. The molecule has 1 aromatic heterocycles. The van der Waals surface area contributed by atoms with Crippen molar-refractivity contribution in [2.45, 2.75) is 6.42 Å². The first kappa shape index (κ1) is 11.8. The van der Waals surface area contributed by atoms with Gasteiger partial charge in [0.05, 0.1) is 25.8 Å². The summed E-state index contributed by atoms with van der Waals surface area (Å²) in [7, 11) is 1.35. The molecule has 2 rings (SSSR count). The minimum atomic E-state index is -0.307. The standard InChI is InChI=1S/C10H13N3O3S/c1-16-9(15)4-7-6-17-10(12-7)13-3-2-11-8(14)5-13/h6H,2-5H2,1H3,(H,11,14). The molecule has 92 valence electrons. The lowest BCUT2D eigenvalue weighted by molar-refractivity contribution is -0.139. The highest BCUT2D eigenvalue weighted by Gasteiger charge is 2.19. The summed E-state index contributed by atoms with van der Waals surface area (Å²) in [6, 6.07) is 0. The number of esters is 1. The number of hydrogen-bond acceptors (Lipinski definition) is 6. The molecule has 1 aromatic rings. The van der Waals surface area contributed by atoms with E-state index in [2.05, 4.69) is 15.0 Å². The third-order valence-corrected chi connectivity index (χ3v) is 3.35. The Hall–Kier alpha value is -1.63. The number of piperazine rings is 1. The smallest absolute Gasteiger partial charge is 0.311 e. The average Bonchev–Trinajstić information content (AvgIpc) is 2.77. The van der Waals surface area contributed by atoms with E-state index in [1.807, 2.05) is 10.3 Å². The van der Waals surface area contributed by atoms with Gasteiger partial charge in [0.1, 0.15) is 0 Å². The molecule has 7 heteroatoms. The van der Waals surface area contributed by atoms with Crippen molar-refractivity contribution in [3.8, 4) is 0 Å². The molecule has 2 heterocycles. The van der Waals surface area contributed by atoms with Crippen molar-refractivity contribution in [1.29, 1.82) is 0 Å². The quantitative estimate of drug-likeness (QED) is 0.757. The first-order valence-electron chi connectivity index (χ1n) is 5.22. The second kappa shape index (κ2) is 5.13. The molecule has 1 aliphatic rings. The van der Waals surface area contributed by atoms with Gasteiger partial charge in [-0.05, 0) is 0 Å². The molecule has 6 nitrogen and oxygen atoms in total. The molecule has 1 fully saturated rings. The Morgan fingerprint density at radius 1 is 1.71 bits per heavy atom. The molecule has 1 N–H and O–H groups in total. The summed E-state index contributed by atoms with van der Waals surface area (Å²) in [6.07, 6.45) is 0.174. The highest BCUT2D eigenvalue weighted by atomic mass is 32.1. The minimum Gasteiger partial charge on any atom is -0.469 e. The van der Waals surface area contributed by atoms with E-state index in [1.54, 1.807) is 0 Å². The number of amides is 1. The second-order valence-electron chi connectivity index (χ2n) is 3.65. The van der Waals surface area contributed by atoms with E-state index in [0.717, 1.165) is 11.7 Å². The highest BCUT2D eigenvalue weighted by Crippen LogP contribution is 2.21. The Morgan fingerprint density at radius 2 is 2.53 bits per heavy atom. The molecule has 0 aliphatic carbocycles.